The maximum Gasteiger partial charge on any atom is 0.221 e. The highest BCUT2D eigenvalue weighted by Crippen LogP contribution is 2.25. The monoisotopic (exact) mass is 217 g/mol. The molecular formula is C12H11NOS. The van der Waals surface area contributed by atoms with Crippen molar-refractivity contribution in [3.63, 3.8) is 0 Å². The first-order valence-corrected chi connectivity index (χ1v) is 5.11. The zero-order valence-corrected chi connectivity index (χ0v) is 9.21. The van der Waals surface area contributed by atoms with Gasteiger partial charge in [-0.05, 0) is 23.6 Å². The molecule has 0 aliphatic carbocycles. The van der Waals surface area contributed by atoms with Crippen molar-refractivity contribution < 1.29 is 4.79 Å². The Morgan fingerprint density at radius 1 is 1.27 bits per heavy atom. The molecule has 2 rings (SSSR count). The molecule has 0 aliphatic rings. The highest BCUT2D eigenvalue weighted by molar-refractivity contribution is 7.80. The van der Waals surface area contributed by atoms with E-state index in [1.165, 1.54) is 6.92 Å². The van der Waals surface area contributed by atoms with Crippen molar-refractivity contribution in [1.29, 1.82) is 0 Å². The number of carbonyl (C=O) groups is 1. The van der Waals surface area contributed by atoms with Gasteiger partial charge in [0.15, 0.2) is 0 Å². The second kappa shape index (κ2) is 3.95. The zero-order valence-electron chi connectivity index (χ0n) is 8.32. The van der Waals surface area contributed by atoms with Gasteiger partial charge in [0, 0.05) is 22.9 Å². The molecule has 0 saturated carbocycles. The van der Waals surface area contributed by atoms with Crippen molar-refractivity contribution >= 4 is 35.0 Å². The molecule has 2 aromatic carbocycles. The maximum absolute atomic E-state index is 11.0. The van der Waals surface area contributed by atoms with Crippen LogP contribution in [0.25, 0.3) is 10.8 Å². The van der Waals surface area contributed by atoms with Crippen molar-refractivity contribution in [3.8, 4) is 0 Å². The topological polar surface area (TPSA) is 29.1 Å². The molecule has 0 aliphatic heterocycles. The molecule has 0 spiro atoms. The summed E-state index contributed by atoms with van der Waals surface area (Å²) in [5.74, 6) is -0.0579. The van der Waals surface area contributed by atoms with Gasteiger partial charge in [-0.1, -0.05) is 18.2 Å². The predicted molar refractivity (Wildman–Crippen MR) is 65.5 cm³/mol. The summed E-state index contributed by atoms with van der Waals surface area (Å²) in [5.41, 5.74) is 0.841. The molecule has 76 valence electrons. The van der Waals surface area contributed by atoms with E-state index in [0.717, 1.165) is 21.4 Å². The summed E-state index contributed by atoms with van der Waals surface area (Å²) in [6, 6.07) is 11.7. The molecule has 3 heteroatoms. The molecule has 0 radical (unpaired) electrons. The van der Waals surface area contributed by atoms with Crippen LogP contribution in [0, 0.1) is 0 Å². The van der Waals surface area contributed by atoms with Crippen molar-refractivity contribution in [1.82, 2.24) is 0 Å². The lowest BCUT2D eigenvalue weighted by atomic mass is 10.1. The van der Waals surface area contributed by atoms with E-state index >= 15 is 0 Å². The Kier molecular flexibility index (Phi) is 2.64. The van der Waals surface area contributed by atoms with E-state index in [4.69, 9.17) is 0 Å². The minimum absolute atomic E-state index is 0.0579. The van der Waals surface area contributed by atoms with Crippen LogP contribution in [-0.4, -0.2) is 5.91 Å². The summed E-state index contributed by atoms with van der Waals surface area (Å²) < 4.78 is 0. The maximum atomic E-state index is 11.0. The summed E-state index contributed by atoms with van der Waals surface area (Å²) in [5, 5.41) is 4.91. The van der Waals surface area contributed by atoms with Crippen LogP contribution in [0.15, 0.2) is 41.3 Å². The van der Waals surface area contributed by atoms with Crippen LogP contribution in [0.5, 0.6) is 0 Å². The van der Waals surface area contributed by atoms with Gasteiger partial charge in [0.1, 0.15) is 0 Å². The van der Waals surface area contributed by atoms with E-state index in [1.54, 1.807) is 0 Å². The van der Waals surface area contributed by atoms with Crippen LogP contribution in [-0.2, 0) is 4.79 Å². The Hall–Kier alpha value is -1.48. The van der Waals surface area contributed by atoms with Gasteiger partial charge < -0.3 is 5.32 Å². The van der Waals surface area contributed by atoms with Gasteiger partial charge in [0.2, 0.25) is 5.91 Å². The van der Waals surface area contributed by atoms with Gasteiger partial charge in [0.25, 0.3) is 0 Å². The van der Waals surface area contributed by atoms with Crippen LogP contribution >= 0.6 is 12.6 Å². The fourth-order valence-corrected chi connectivity index (χ4v) is 1.78. The second-order valence-electron chi connectivity index (χ2n) is 3.39. The number of anilines is 1. The fraction of sp³-hybridized carbons (Fsp3) is 0.0833. The molecular weight excluding hydrogens is 206 g/mol. The van der Waals surface area contributed by atoms with Gasteiger partial charge in [-0.25, -0.2) is 0 Å². The lowest BCUT2D eigenvalue weighted by Gasteiger charge is -2.06. The molecule has 1 amide bonds. The minimum atomic E-state index is -0.0579. The van der Waals surface area contributed by atoms with Gasteiger partial charge in [-0.3, -0.25) is 4.79 Å². The quantitative estimate of drug-likeness (QED) is 0.706. The summed E-state index contributed by atoms with van der Waals surface area (Å²) in [4.78, 5) is 11.9. The third-order valence-corrected chi connectivity index (χ3v) is 2.45. The number of benzene rings is 2. The lowest BCUT2D eigenvalue weighted by Crippen LogP contribution is -2.05. The largest absolute Gasteiger partial charge is 0.326 e. The molecule has 0 bridgehead atoms. The van der Waals surface area contributed by atoms with E-state index in [9.17, 15) is 4.79 Å². The zero-order chi connectivity index (χ0) is 10.8. The fourth-order valence-electron chi connectivity index (χ4n) is 1.57. The lowest BCUT2D eigenvalue weighted by molar-refractivity contribution is -0.114. The molecule has 0 aromatic heterocycles. The number of hydrogen-bond acceptors (Lipinski definition) is 2. The highest BCUT2D eigenvalue weighted by Gasteiger charge is 2.01. The van der Waals surface area contributed by atoms with Crippen molar-refractivity contribution in [3.05, 3.63) is 36.4 Å². The number of nitrogens with one attached hydrogen (secondary N) is 1. The SMILES string of the molecule is CC(=O)Nc1cccc2cc(S)ccc12. The van der Waals surface area contributed by atoms with Gasteiger partial charge in [0.05, 0.1) is 0 Å². The first-order chi connectivity index (χ1) is 7.16. The van der Waals surface area contributed by atoms with E-state index in [-0.39, 0.29) is 5.91 Å². The van der Waals surface area contributed by atoms with Crippen molar-refractivity contribution in [2.45, 2.75) is 11.8 Å². The first kappa shape index (κ1) is 10.1. The summed E-state index contributed by atoms with van der Waals surface area (Å²) in [6.45, 7) is 1.51. The number of rotatable bonds is 1. The highest BCUT2D eigenvalue weighted by atomic mass is 32.1. The second-order valence-corrected chi connectivity index (χ2v) is 3.91. The van der Waals surface area contributed by atoms with Gasteiger partial charge in [-0.2, -0.15) is 0 Å². The van der Waals surface area contributed by atoms with E-state index in [2.05, 4.69) is 17.9 Å². The number of amides is 1. The molecule has 1 N–H and O–H groups in total. The van der Waals surface area contributed by atoms with Crippen LogP contribution in [0.3, 0.4) is 0 Å². The number of hydrogen-bond donors (Lipinski definition) is 2. The average molecular weight is 217 g/mol. The Labute approximate surface area is 93.7 Å². The van der Waals surface area contributed by atoms with Crippen LogP contribution in [0.1, 0.15) is 6.92 Å². The van der Waals surface area contributed by atoms with E-state index in [0.29, 0.717) is 0 Å². The molecule has 0 saturated heterocycles. The predicted octanol–water partition coefficient (Wildman–Crippen LogP) is 3.09. The Balaban J connectivity index is 2.60. The third kappa shape index (κ3) is 2.13. The van der Waals surface area contributed by atoms with Crippen molar-refractivity contribution in [2.24, 2.45) is 0 Å². The number of thiol groups is 1. The van der Waals surface area contributed by atoms with E-state index in [1.807, 2.05) is 36.4 Å². The number of fused-ring (bicyclic) bond motifs is 1. The molecule has 2 nitrogen and oxygen atoms in total. The Morgan fingerprint density at radius 2 is 2.07 bits per heavy atom. The smallest absolute Gasteiger partial charge is 0.221 e. The Morgan fingerprint density at radius 3 is 2.80 bits per heavy atom. The third-order valence-electron chi connectivity index (χ3n) is 2.17. The van der Waals surface area contributed by atoms with Gasteiger partial charge >= 0.3 is 0 Å². The molecule has 0 fully saturated rings. The summed E-state index contributed by atoms with van der Waals surface area (Å²) in [6.07, 6.45) is 0. The normalized spacial score (nSPS) is 10.3. The van der Waals surface area contributed by atoms with Gasteiger partial charge in [-0.15, -0.1) is 12.6 Å². The number of carbonyl (C=O) groups excluding carboxylic acids is 1. The molecule has 0 atom stereocenters. The van der Waals surface area contributed by atoms with Crippen molar-refractivity contribution in [2.75, 3.05) is 5.32 Å². The Bertz CT molecular complexity index is 522. The first-order valence-electron chi connectivity index (χ1n) is 4.66. The molecule has 2 aromatic rings. The molecule has 15 heavy (non-hydrogen) atoms. The standard InChI is InChI=1S/C12H11NOS/c1-8(14)13-12-4-2-3-9-7-10(15)5-6-11(9)12/h2-7,15H,1H3,(H,13,14). The van der Waals surface area contributed by atoms with E-state index < -0.39 is 0 Å². The van der Waals surface area contributed by atoms with Crippen LogP contribution < -0.4 is 5.32 Å². The molecule has 0 unspecified atom stereocenters. The summed E-state index contributed by atoms with van der Waals surface area (Å²) in [7, 11) is 0. The van der Waals surface area contributed by atoms with Crippen LogP contribution in [0.2, 0.25) is 0 Å². The summed E-state index contributed by atoms with van der Waals surface area (Å²) >= 11 is 4.28. The average Bonchev–Trinajstić information content (AvgIpc) is 2.16. The minimum Gasteiger partial charge on any atom is -0.326 e. The molecule has 0 heterocycles. The van der Waals surface area contributed by atoms with Crippen LogP contribution in [0.4, 0.5) is 5.69 Å².